The average Bonchev–Trinajstić information content (AvgIpc) is 3.31. The molecule has 0 radical (unpaired) electrons. The van der Waals surface area contributed by atoms with Crippen molar-refractivity contribution >= 4 is 23.2 Å². The Bertz CT molecular complexity index is 948. The molecule has 1 aliphatic carbocycles. The van der Waals surface area contributed by atoms with Crippen molar-refractivity contribution in [2.24, 2.45) is 5.92 Å². The number of aryl methyl sites for hydroxylation is 1. The normalized spacial score (nSPS) is 14.8. The molecule has 0 unspecified atom stereocenters. The first-order valence-corrected chi connectivity index (χ1v) is 11.8. The first-order chi connectivity index (χ1) is 15.3. The molecule has 1 saturated carbocycles. The Kier molecular flexibility index (Phi) is 7.94. The van der Waals surface area contributed by atoms with E-state index < -0.39 is 0 Å². The summed E-state index contributed by atoms with van der Waals surface area (Å²) in [5.41, 5.74) is 4.66. The molecule has 0 heterocycles. The van der Waals surface area contributed by atoms with Gasteiger partial charge in [0.15, 0.2) is 0 Å². The maximum atomic E-state index is 13.5. The Morgan fingerprint density at radius 2 is 1.81 bits per heavy atom. The van der Waals surface area contributed by atoms with Crippen molar-refractivity contribution in [1.82, 2.24) is 4.90 Å². The van der Waals surface area contributed by atoms with Gasteiger partial charge in [-0.1, -0.05) is 37.5 Å². The molecule has 2 aromatic rings. The Morgan fingerprint density at radius 1 is 1.09 bits per heavy atom. The predicted octanol–water partition coefficient (Wildman–Crippen LogP) is 5.63. The van der Waals surface area contributed by atoms with Gasteiger partial charge in [-0.05, 0) is 69.0 Å². The third kappa shape index (κ3) is 5.70. The molecule has 1 fully saturated rings. The van der Waals surface area contributed by atoms with Crippen LogP contribution in [0.3, 0.4) is 0 Å². The zero-order valence-electron chi connectivity index (χ0n) is 20.1. The highest BCUT2D eigenvalue weighted by atomic mass is 16.2. The summed E-state index contributed by atoms with van der Waals surface area (Å²) < 4.78 is 0. The average molecular weight is 436 g/mol. The highest BCUT2D eigenvalue weighted by Crippen LogP contribution is 2.29. The second kappa shape index (κ2) is 10.7. The highest BCUT2D eigenvalue weighted by molar-refractivity contribution is 5.95. The zero-order chi connectivity index (χ0) is 23.3. The quantitative estimate of drug-likeness (QED) is 0.585. The monoisotopic (exact) mass is 435 g/mol. The number of rotatable bonds is 8. The topological polar surface area (TPSA) is 52.7 Å². The van der Waals surface area contributed by atoms with Crippen LogP contribution in [0.1, 0.15) is 67.4 Å². The lowest BCUT2D eigenvalue weighted by Crippen LogP contribution is -2.38. The molecule has 1 aliphatic rings. The van der Waals surface area contributed by atoms with Crippen LogP contribution >= 0.6 is 0 Å². The highest BCUT2D eigenvalue weighted by Gasteiger charge is 2.25. The molecule has 0 aliphatic heterocycles. The van der Waals surface area contributed by atoms with Crippen molar-refractivity contribution < 1.29 is 9.59 Å². The van der Waals surface area contributed by atoms with Gasteiger partial charge in [-0.15, -0.1) is 0 Å². The lowest BCUT2D eigenvalue weighted by atomic mass is 10.0. The van der Waals surface area contributed by atoms with Gasteiger partial charge in [-0.2, -0.15) is 0 Å². The first kappa shape index (κ1) is 23.8. The molecule has 2 amide bonds. The Balaban J connectivity index is 1.89. The van der Waals surface area contributed by atoms with Gasteiger partial charge in [-0.25, -0.2) is 0 Å². The van der Waals surface area contributed by atoms with Crippen LogP contribution in [0.25, 0.3) is 0 Å². The summed E-state index contributed by atoms with van der Waals surface area (Å²) in [6.07, 6.45) is 5.08. The van der Waals surface area contributed by atoms with E-state index in [2.05, 4.69) is 24.1 Å². The van der Waals surface area contributed by atoms with Gasteiger partial charge < -0.3 is 15.1 Å². The van der Waals surface area contributed by atoms with Crippen LogP contribution < -0.4 is 10.2 Å². The minimum absolute atomic E-state index is 0.0353. The molecular weight excluding hydrogens is 398 g/mol. The second-order valence-corrected chi connectivity index (χ2v) is 9.27. The molecule has 172 valence electrons. The van der Waals surface area contributed by atoms with E-state index in [4.69, 9.17) is 0 Å². The van der Waals surface area contributed by atoms with Crippen LogP contribution in [0.5, 0.6) is 0 Å². The summed E-state index contributed by atoms with van der Waals surface area (Å²) in [6, 6.07) is 13.9. The Labute approximate surface area is 192 Å². The van der Waals surface area contributed by atoms with Crippen molar-refractivity contribution in [2.45, 2.75) is 65.5 Å². The van der Waals surface area contributed by atoms with E-state index in [1.165, 1.54) is 0 Å². The van der Waals surface area contributed by atoms with E-state index in [9.17, 15) is 9.59 Å². The molecular formula is C27H37N3O2. The third-order valence-corrected chi connectivity index (χ3v) is 6.54. The molecule has 5 nitrogen and oxygen atoms in total. The molecule has 32 heavy (non-hydrogen) atoms. The smallest absolute Gasteiger partial charge is 0.254 e. The lowest BCUT2D eigenvalue weighted by molar-refractivity contribution is -0.119. The standard InChI is InChI=1S/C27H37N3O2/c1-6-20(3)30(27(32)22-13-9-10-19(2)16-22)18-23-17-24(14-15-25(23)29(4)5)28-26(31)21-11-7-8-12-21/h9-10,13-17,20-21H,6-8,11-12,18H2,1-5H3,(H,28,31)/t20-/m1/s1. The number of benzene rings is 2. The van der Waals surface area contributed by atoms with Crippen molar-refractivity contribution in [3.63, 3.8) is 0 Å². The number of nitrogens with zero attached hydrogens (tertiary/aromatic N) is 2. The number of nitrogens with one attached hydrogen (secondary N) is 1. The van der Waals surface area contributed by atoms with Crippen molar-refractivity contribution in [2.75, 3.05) is 24.3 Å². The Morgan fingerprint density at radius 3 is 2.44 bits per heavy atom. The van der Waals surface area contributed by atoms with E-state index in [0.29, 0.717) is 12.1 Å². The summed E-state index contributed by atoms with van der Waals surface area (Å²) in [6.45, 7) is 6.69. The molecule has 0 aromatic heterocycles. The Hall–Kier alpha value is -2.82. The fraction of sp³-hybridized carbons (Fsp3) is 0.481. The lowest BCUT2D eigenvalue weighted by Gasteiger charge is -2.31. The number of hydrogen-bond donors (Lipinski definition) is 1. The first-order valence-electron chi connectivity index (χ1n) is 11.8. The summed E-state index contributed by atoms with van der Waals surface area (Å²) in [5, 5.41) is 3.11. The van der Waals surface area contributed by atoms with E-state index in [1.54, 1.807) is 0 Å². The maximum absolute atomic E-state index is 13.5. The number of anilines is 2. The van der Waals surface area contributed by atoms with Gasteiger partial charge >= 0.3 is 0 Å². The van der Waals surface area contributed by atoms with Gasteiger partial charge in [0.25, 0.3) is 5.91 Å². The van der Waals surface area contributed by atoms with Gasteiger partial charge in [0.2, 0.25) is 5.91 Å². The zero-order valence-corrected chi connectivity index (χ0v) is 20.1. The van der Waals surface area contributed by atoms with Crippen molar-refractivity contribution in [1.29, 1.82) is 0 Å². The van der Waals surface area contributed by atoms with Crippen LogP contribution in [0.4, 0.5) is 11.4 Å². The van der Waals surface area contributed by atoms with E-state index >= 15 is 0 Å². The number of amides is 2. The maximum Gasteiger partial charge on any atom is 0.254 e. The third-order valence-electron chi connectivity index (χ3n) is 6.54. The largest absolute Gasteiger partial charge is 0.377 e. The minimum atomic E-state index is 0.0353. The van der Waals surface area contributed by atoms with Gasteiger partial charge in [-0.3, -0.25) is 9.59 Å². The van der Waals surface area contributed by atoms with Gasteiger partial charge in [0, 0.05) is 49.5 Å². The van der Waals surface area contributed by atoms with E-state index in [0.717, 1.165) is 54.6 Å². The van der Waals surface area contributed by atoms with Gasteiger partial charge in [0.05, 0.1) is 0 Å². The number of carbonyl (C=O) groups excluding carboxylic acids is 2. The second-order valence-electron chi connectivity index (χ2n) is 9.27. The van der Waals surface area contributed by atoms with Crippen LogP contribution in [0.15, 0.2) is 42.5 Å². The molecule has 1 N–H and O–H groups in total. The molecule has 0 saturated heterocycles. The van der Waals surface area contributed by atoms with E-state index in [-0.39, 0.29) is 23.8 Å². The minimum Gasteiger partial charge on any atom is -0.377 e. The molecule has 1 atom stereocenters. The molecule has 0 spiro atoms. The summed E-state index contributed by atoms with van der Waals surface area (Å²) in [7, 11) is 4.01. The van der Waals surface area contributed by atoms with Crippen molar-refractivity contribution in [3.8, 4) is 0 Å². The van der Waals surface area contributed by atoms with Crippen LogP contribution in [0, 0.1) is 12.8 Å². The molecule has 0 bridgehead atoms. The molecule has 2 aromatic carbocycles. The van der Waals surface area contributed by atoms with Crippen molar-refractivity contribution in [3.05, 3.63) is 59.2 Å². The predicted molar refractivity (Wildman–Crippen MR) is 132 cm³/mol. The summed E-state index contributed by atoms with van der Waals surface area (Å²) >= 11 is 0. The van der Waals surface area contributed by atoms with Crippen LogP contribution in [-0.4, -0.2) is 36.9 Å². The molecule has 3 rings (SSSR count). The fourth-order valence-corrected chi connectivity index (χ4v) is 4.43. The van der Waals surface area contributed by atoms with Gasteiger partial charge in [0.1, 0.15) is 0 Å². The number of carbonyl (C=O) groups is 2. The summed E-state index contributed by atoms with van der Waals surface area (Å²) in [5.74, 6) is 0.264. The summed E-state index contributed by atoms with van der Waals surface area (Å²) in [4.78, 5) is 30.1. The van der Waals surface area contributed by atoms with E-state index in [1.807, 2.05) is 68.4 Å². The SMILES string of the molecule is CC[C@@H](C)N(Cc1cc(NC(=O)C2CCCC2)ccc1N(C)C)C(=O)c1cccc(C)c1. The van der Waals surface area contributed by atoms with Crippen LogP contribution in [0.2, 0.25) is 0 Å². The fourth-order valence-electron chi connectivity index (χ4n) is 4.43. The van der Waals surface area contributed by atoms with Crippen LogP contribution in [-0.2, 0) is 11.3 Å². The molecule has 5 heteroatoms. The number of hydrogen-bond acceptors (Lipinski definition) is 3.